The number of nitrogens with zero attached hydrogens (tertiary/aromatic N) is 3. The Labute approximate surface area is 94.8 Å². The summed E-state index contributed by atoms with van der Waals surface area (Å²) in [7, 11) is 1.95. The number of hydrogen-bond acceptors (Lipinski definition) is 4. The molecule has 0 aliphatic carbocycles. The summed E-state index contributed by atoms with van der Waals surface area (Å²) in [6, 6.07) is 9.98. The van der Waals surface area contributed by atoms with E-state index >= 15 is 0 Å². The lowest BCUT2D eigenvalue weighted by molar-refractivity contribution is 1.08. The second kappa shape index (κ2) is 4.18. The summed E-state index contributed by atoms with van der Waals surface area (Å²) in [6.45, 7) is 2.06. The van der Waals surface area contributed by atoms with Gasteiger partial charge < -0.3 is 10.6 Å². The lowest BCUT2D eigenvalue weighted by Gasteiger charge is -2.18. The van der Waals surface area contributed by atoms with Gasteiger partial charge in [-0.2, -0.15) is 0 Å². The van der Waals surface area contributed by atoms with E-state index in [-0.39, 0.29) is 0 Å². The molecular formula is C12H14N4. The molecular weight excluding hydrogens is 200 g/mol. The summed E-state index contributed by atoms with van der Waals surface area (Å²) in [5.74, 6) is 1.26. The summed E-state index contributed by atoms with van der Waals surface area (Å²) in [6.07, 6.45) is 1.47. The predicted octanol–water partition coefficient (Wildman–Crippen LogP) is 2.14. The minimum atomic E-state index is 0.476. The highest BCUT2D eigenvalue weighted by Gasteiger charge is 2.05. The van der Waals surface area contributed by atoms with Crippen LogP contribution in [0.25, 0.3) is 0 Å². The first-order valence-corrected chi connectivity index (χ1v) is 5.05. The van der Waals surface area contributed by atoms with E-state index in [2.05, 4.69) is 29.0 Å². The van der Waals surface area contributed by atoms with E-state index in [4.69, 9.17) is 5.73 Å². The van der Waals surface area contributed by atoms with Crippen molar-refractivity contribution in [3.8, 4) is 0 Å². The fourth-order valence-electron chi connectivity index (χ4n) is 1.45. The van der Waals surface area contributed by atoms with Gasteiger partial charge in [-0.15, -0.1) is 0 Å². The molecule has 0 bridgehead atoms. The average Bonchev–Trinajstić information content (AvgIpc) is 2.29. The Kier molecular flexibility index (Phi) is 2.72. The topological polar surface area (TPSA) is 55.0 Å². The molecule has 82 valence electrons. The fraction of sp³-hybridized carbons (Fsp3) is 0.167. The number of aromatic nitrogens is 2. The quantitative estimate of drug-likeness (QED) is 0.832. The van der Waals surface area contributed by atoms with Gasteiger partial charge in [0.15, 0.2) is 0 Å². The van der Waals surface area contributed by atoms with Gasteiger partial charge in [0, 0.05) is 18.8 Å². The third-order valence-electron chi connectivity index (χ3n) is 2.44. The molecule has 0 amide bonds. The van der Waals surface area contributed by atoms with Crippen LogP contribution in [0.2, 0.25) is 0 Å². The van der Waals surface area contributed by atoms with Crippen molar-refractivity contribution in [2.24, 2.45) is 0 Å². The molecule has 0 saturated heterocycles. The van der Waals surface area contributed by atoms with Crippen LogP contribution in [0.3, 0.4) is 0 Å². The van der Waals surface area contributed by atoms with Gasteiger partial charge in [-0.3, -0.25) is 0 Å². The summed E-state index contributed by atoms with van der Waals surface area (Å²) in [4.78, 5) is 10.0. The molecule has 4 heteroatoms. The Balaban J connectivity index is 2.31. The normalized spacial score (nSPS) is 10.1. The maximum absolute atomic E-state index is 5.62. The number of benzene rings is 1. The molecule has 4 nitrogen and oxygen atoms in total. The minimum Gasteiger partial charge on any atom is -0.384 e. The molecule has 16 heavy (non-hydrogen) atoms. The summed E-state index contributed by atoms with van der Waals surface area (Å²) < 4.78 is 0. The van der Waals surface area contributed by atoms with E-state index in [1.807, 2.05) is 24.1 Å². The van der Waals surface area contributed by atoms with Crippen LogP contribution in [-0.4, -0.2) is 17.0 Å². The Morgan fingerprint density at radius 1 is 1.12 bits per heavy atom. The highest BCUT2D eigenvalue weighted by molar-refractivity contribution is 5.60. The van der Waals surface area contributed by atoms with Crippen LogP contribution in [0.4, 0.5) is 17.3 Å². The molecule has 0 unspecified atom stereocenters. The molecule has 2 aromatic rings. The largest absolute Gasteiger partial charge is 0.384 e. The van der Waals surface area contributed by atoms with E-state index in [0.29, 0.717) is 5.82 Å². The third-order valence-corrected chi connectivity index (χ3v) is 2.44. The first kappa shape index (κ1) is 10.4. The van der Waals surface area contributed by atoms with Crippen LogP contribution in [0.5, 0.6) is 0 Å². The monoisotopic (exact) mass is 214 g/mol. The molecule has 0 aliphatic heterocycles. The van der Waals surface area contributed by atoms with Crippen molar-refractivity contribution < 1.29 is 0 Å². The van der Waals surface area contributed by atoms with Crippen molar-refractivity contribution in [3.63, 3.8) is 0 Å². The highest BCUT2D eigenvalue weighted by Crippen LogP contribution is 2.22. The number of nitrogen functional groups attached to an aromatic ring is 1. The number of hydrogen-bond donors (Lipinski definition) is 1. The standard InChI is InChI=1S/C12H14N4/c1-9-3-5-10(6-4-9)16(2)12-7-11(13)14-8-15-12/h3-8H,1-2H3,(H2,13,14,15). The molecule has 0 saturated carbocycles. The Hall–Kier alpha value is -2.10. The number of nitrogens with two attached hydrogens (primary N) is 1. The molecule has 1 aromatic carbocycles. The van der Waals surface area contributed by atoms with Crippen molar-refractivity contribution in [1.29, 1.82) is 0 Å². The van der Waals surface area contributed by atoms with E-state index in [1.54, 1.807) is 6.07 Å². The van der Waals surface area contributed by atoms with E-state index in [9.17, 15) is 0 Å². The lowest BCUT2D eigenvalue weighted by atomic mass is 10.2. The van der Waals surface area contributed by atoms with Crippen molar-refractivity contribution in [3.05, 3.63) is 42.2 Å². The molecule has 0 radical (unpaired) electrons. The van der Waals surface area contributed by atoms with Crippen molar-refractivity contribution in [2.75, 3.05) is 17.7 Å². The highest BCUT2D eigenvalue weighted by atomic mass is 15.2. The lowest BCUT2D eigenvalue weighted by Crippen LogP contribution is -2.11. The van der Waals surface area contributed by atoms with Crippen LogP contribution in [0.15, 0.2) is 36.7 Å². The van der Waals surface area contributed by atoms with Gasteiger partial charge in [-0.1, -0.05) is 17.7 Å². The molecule has 2 rings (SSSR count). The van der Waals surface area contributed by atoms with Crippen LogP contribution < -0.4 is 10.6 Å². The van der Waals surface area contributed by atoms with E-state index in [0.717, 1.165) is 11.5 Å². The maximum atomic E-state index is 5.62. The van der Waals surface area contributed by atoms with Crippen molar-refractivity contribution in [2.45, 2.75) is 6.92 Å². The van der Waals surface area contributed by atoms with Gasteiger partial charge in [0.05, 0.1) is 0 Å². The van der Waals surface area contributed by atoms with Crippen LogP contribution in [0.1, 0.15) is 5.56 Å². The molecule has 0 fully saturated rings. The molecule has 1 heterocycles. The van der Waals surface area contributed by atoms with E-state index < -0.39 is 0 Å². The van der Waals surface area contributed by atoms with E-state index in [1.165, 1.54) is 11.9 Å². The SMILES string of the molecule is Cc1ccc(N(C)c2cc(N)ncn2)cc1. The fourth-order valence-corrected chi connectivity index (χ4v) is 1.45. The van der Waals surface area contributed by atoms with Crippen molar-refractivity contribution in [1.82, 2.24) is 9.97 Å². The zero-order valence-corrected chi connectivity index (χ0v) is 9.38. The maximum Gasteiger partial charge on any atom is 0.138 e. The predicted molar refractivity (Wildman–Crippen MR) is 65.7 cm³/mol. The molecule has 0 aliphatic rings. The van der Waals surface area contributed by atoms with Gasteiger partial charge in [-0.25, -0.2) is 9.97 Å². The van der Waals surface area contributed by atoms with Gasteiger partial charge >= 0.3 is 0 Å². The number of anilines is 3. The summed E-state index contributed by atoms with van der Waals surface area (Å²) >= 11 is 0. The summed E-state index contributed by atoms with van der Waals surface area (Å²) in [5.41, 5.74) is 7.93. The first-order chi connectivity index (χ1) is 7.66. The zero-order chi connectivity index (χ0) is 11.5. The van der Waals surface area contributed by atoms with Crippen molar-refractivity contribution >= 4 is 17.3 Å². The van der Waals surface area contributed by atoms with Gasteiger partial charge in [0.1, 0.15) is 18.0 Å². The molecule has 1 aromatic heterocycles. The number of rotatable bonds is 2. The van der Waals surface area contributed by atoms with Crippen LogP contribution >= 0.6 is 0 Å². The van der Waals surface area contributed by atoms with Crippen LogP contribution in [-0.2, 0) is 0 Å². The Morgan fingerprint density at radius 2 is 1.81 bits per heavy atom. The average molecular weight is 214 g/mol. The number of aryl methyl sites for hydroxylation is 1. The molecule has 0 atom stereocenters. The minimum absolute atomic E-state index is 0.476. The Morgan fingerprint density at radius 3 is 2.44 bits per heavy atom. The summed E-state index contributed by atoms with van der Waals surface area (Å²) in [5, 5.41) is 0. The second-order valence-electron chi connectivity index (χ2n) is 3.70. The van der Waals surface area contributed by atoms with Crippen LogP contribution in [0, 0.1) is 6.92 Å². The Bertz CT molecular complexity index is 479. The second-order valence-corrected chi connectivity index (χ2v) is 3.70. The first-order valence-electron chi connectivity index (χ1n) is 5.05. The third kappa shape index (κ3) is 2.11. The van der Waals surface area contributed by atoms with Gasteiger partial charge in [-0.05, 0) is 19.1 Å². The smallest absolute Gasteiger partial charge is 0.138 e. The zero-order valence-electron chi connectivity index (χ0n) is 9.38. The van der Waals surface area contributed by atoms with Gasteiger partial charge in [0.2, 0.25) is 0 Å². The van der Waals surface area contributed by atoms with Gasteiger partial charge in [0.25, 0.3) is 0 Å². The molecule has 2 N–H and O–H groups in total. The molecule has 0 spiro atoms.